The number of thiol groups is 1. The van der Waals surface area contributed by atoms with Crippen LogP contribution in [0.25, 0.3) is 0 Å². The minimum Gasteiger partial charge on any atom is -0.387 e. The predicted molar refractivity (Wildman–Crippen MR) is 37.5 cm³/mol. The van der Waals surface area contributed by atoms with Gasteiger partial charge in [0.15, 0.2) is 5.50 Å². The van der Waals surface area contributed by atoms with Crippen LogP contribution in [-0.2, 0) is 0 Å². The molecule has 4 heteroatoms. The maximum Gasteiger partial charge on any atom is 0.185 e. The van der Waals surface area contributed by atoms with Gasteiger partial charge >= 0.3 is 0 Å². The first-order valence-electron chi connectivity index (χ1n) is 2.31. The number of hydrogen-bond acceptors (Lipinski definition) is 4. The quantitative estimate of drug-likeness (QED) is 0.445. The van der Waals surface area contributed by atoms with Gasteiger partial charge in [0, 0.05) is 12.6 Å². The van der Waals surface area contributed by atoms with Crippen molar-refractivity contribution in [1.82, 2.24) is 0 Å². The summed E-state index contributed by atoms with van der Waals surface area (Å²) in [5.74, 6) is 0.611. The molecule has 1 aliphatic rings. The summed E-state index contributed by atoms with van der Waals surface area (Å²) < 4.78 is 0. The maximum atomic E-state index is 5.34. The van der Waals surface area contributed by atoms with Gasteiger partial charge in [0.05, 0.1) is 0 Å². The van der Waals surface area contributed by atoms with Crippen molar-refractivity contribution < 1.29 is 0 Å². The van der Waals surface area contributed by atoms with Gasteiger partial charge in [-0.05, 0) is 0 Å². The number of amidine groups is 1. The van der Waals surface area contributed by atoms with Crippen molar-refractivity contribution in [2.24, 2.45) is 15.7 Å². The first-order valence-corrected chi connectivity index (χ1v) is 2.82. The van der Waals surface area contributed by atoms with E-state index < -0.39 is 0 Å². The highest BCUT2D eigenvalue weighted by atomic mass is 32.1. The molecule has 0 saturated heterocycles. The lowest BCUT2D eigenvalue weighted by Crippen LogP contribution is -2.17. The number of rotatable bonds is 0. The molecule has 0 bridgehead atoms. The van der Waals surface area contributed by atoms with E-state index in [-0.39, 0.29) is 5.50 Å². The lowest BCUT2D eigenvalue weighted by molar-refractivity contribution is 0.970. The van der Waals surface area contributed by atoms with Crippen molar-refractivity contribution in [2.45, 2.75) is 11.9 Å². The van der Waals surface area contributed by atoms with Crippen LogP contribution in [0.5, 0.6) is 0 Å². The number of hydrogen-bond donors (Lipinski definition) is 2. The highest BCUT2D eigenvalue weighted by molar-refractivity contribution is 7.80. The summed E-state index contributed by atoms with van der Waals surface area (Å²) in [5, 5.41) is 0. The zero-order valence-electron chi connectivity index (χ0n) is 4.28. The summed E-state index contributed by atoms with van der Waals surface area (Å²) in [4.78, 5) is 7.70. The third-order valence-corrected chi connectivity index (χ3v) is 1.07. The van der Waals surface area contributed by atoms with Crippen LogP contribution >= 0.6 is 12.6 Å². The van der Waals surface area contributed by atoms with Gasteiger partial charge in [0.1, 0.15) is 5.84 Å². The van der Waals surface area contributed by atoms with Crippen LogP contribution in [0, 0.1) is 0 Å². The van der Waals surface area contributed by atoms with Crippen molar-refractivity contribution in [3.05, 3.63) is 0 Å². The van der Waals surface area contributed by atoms with Gasteiger partial charge in [-0.2, -0.15) is 0 Å². The number of aliphatic imine (C=N–C) groups is 2. The summed E-state index contributed by atoms with van der Waals surface area (Å²) in [6.45, 7) is 0. The smallest absolute Gasteiger partial charge is 0.185 e. The van der Waals surface area contributed by atoms with Crippen LogP contribution in [0.4, 0.5) is 0 Å². The molecule has 1 aliphatic heterocycles. The monoisotopic (exact) mass is 129 g/mol. The van der Waals surface area contributed by atoms with Crippen molar-refractivity contribution in [3.8, 4) is 0 Å². The topological polar surface area (TPSA) is 50.7 Å². The molecule has 1 heterocycles. The Morgan fingerprint density at radius 1 is 1.88 bits per heavy atom. The lowest BCUT2D eigenvalue weighted by atomic mass is 10.4. The van der Waals surface area contributed by atoms with Gasteiger partial charge in [-0.1, -0.05) is 0 Å². The van der Waals surface area contributed by atoms with Gasteiger partial charge < -0.3 is 5.73 Å². The van der Waals surface area contributed by atoms with E-state index >= 15 is 0 Å². The molecule has 3 nitrogen and oxygen atoms in total. The largest absolute Gasteiger partial charge is 0.387 e. The number of nitrogens with two attached hydrogens (primary N) is 1. The highest BCUT2D eigenvalue weighted by Crippen LogP contribution is 2.02. The van der Waals surface area contributed by atoms with Crippen LogP contribution < -0.4 is 5.73 Å². The fourth-order valence-corrected chi connectivity index (χ4v) is 0.717. The Labute approximate surface area is 53.1 Å². The molecular weight excluding hydrogens is 122 g/mol. The summed E-state index contributed by atoms with van der Waals surface area (Å²) in [5.41, 5.74) is 5.07. The summed E-state index contributed by atoms with van der Waals surface area (Å²) in [7, 11) is 0. The van der Waals surface area contributed by atoms with E-state index in [1.807, 2.05) is 0 Å². The molecule has 0 aromatic rings. The normalized spacial score (nSPS) is 27.6. The molecular formula is C4H7N3S. The van der Waals surface area contributed by atoms with Crippen molar-refractivity contribution in [1.29, 1.82) is 0 Å². The average molecular weight is 129 g/mol. The van der Waals surface area contributed by atoms with Crippen LogP contribution in [0.15, 0.2) is 9.98 Å². The molecule has 0 fully saturated rings. The van der Waals surface area contributed by atoms with E-state index in [9.17, 15) is 0 Å². The highest BCUT2D eigenvalue weighted by Gasteiger charge is 2.00. The van der Waals surface area contributed by atoms with Crippen LogP contribution in [0.2, 0.25) is 0 Å². The standard InChI is InChI=1S/C4H7N3S/c5-3-1-2-6-4(8)7-3/h2,4,8H,1H2,(H2,5,7). The Bertz CT molecular complexity index is 140. The van der Waals surface area contributed by atoms with Crippen molar-refractivity contribution in [3.63, 3.8) is 0 Å². The molecule has 0 aromatic heterocycles. The second-order valence-electron chi connectivity index (χ2n) is 1.50. The molecule has 1 unspecified atom stereocenters. The van der Waals surface area contributed by atoms with E-state index in [4.69, 9.17) is 5.73 Å². The van der Waals surface area contributed by atoms with Crippen LogP contribution in [0.1, 0.15) is 6.42 Å². The molecule has 44 valence electrons. The molecule has 1 rings (SSSR count). The van der Waals surface area contributed by atoms with E-state index in [0.717, 1.165) is 0 Å². The van der Waals surface area contributed by atoms with E-state index in [0.29, 0.717) is 12.3 Å². The van der Waals surface area contributed by atoms with Gasteiger partial charge in [0.25, 0.3) is 0 Å². The Morgan fingerprint density at radius 3 is 3.00 bits per heavy atom. The molecule has 0 radical (unpaired) electrons. The molecule has 0 amide bonds. The van der Waals surface area contributed by atoms with E-state index in [2.05, 4.69) is 22.6 Å². The zero-order valence-corrected chi connectivity index (χ0v) is 5.18. The van der Waals surface area contributed by atoms with Gasteiger partial charge in [-0.15, -0.1) is 12.6 Å². The second-order valence-corrected chi connectivity index (χ2v) is 1.96. The fraction of sp³-hybridized carbons (Fsp3) is 0.500. The Kier molecular flexibility index (Phi) is 1.53. The third-order valence-electron chi connectivity index (χ3n) is 0.820. The van der Waals surface area contributed by atoms with Crippen molar-refractivity contribution >= 4 is 24.7 Å². The third kappa shape index (κ3) is 1.23. The average Bonchev–Trinajstić information content (AvgIpc) is 1.64. The fourth-order valence-electron chi connectivity index (χ4n) is 0.475. The van der Waals surface area contributed by atoms with Crippen LogP contribution in [0.3, 0.4) is 0 Å². The molecule has 0 aliphatic carbocycles. The molecule has 1 atom stereocenters. The zero-order chi connectivity index (χ0) is 5.98. The first kappa shape index (κ1) is 5.62. The SMILES string of the molecule is NC1=NC(S)N=CC1. The van der Waals surface area contributed by atoms with E-state index in [1.54, 1.807) is 6.21 Å². The Morgan fingerprint density at radius 2 is 2.62 bits per heavy atom. The Hall–Kier alpha value is -0.510. The minimum absolute atomic E-state index is 0.260. The second kappa shape index (κ2) is 2.17. The molecule has 2 N–H and O–H groups in total. The summed E-state index contributed by atoms with van der Waals surface area (Å²) in [6.07, 6.45) is 2.39. The maximum absolute atomic E-state index is 5.34. The summed E-state index contributed by atoms with van der Waals surface area (Å²) in [6, 6.07) is 0. The minimum atomic E-state index is -0.260. The number of nitrogens with zero attached hydrogens (tertiary/aromatic N) is 2. The molecule has 0 spiro atoms. The first-order chi connectivity index (χ1) is 3.79. The van der Waals surface area contributed by atoms with Gasteiger partial charge in [-0.25, -0.2) is 4.99 Å². The van der Waals surface area contributed by atoms with Gasteiger partial charge in [0.2, 0.25) is 0 Å². The lowest BCUT2D eigenvalue weighted by Gasteiger charge is -2.04. The summed E-state index contributed by atoms with van der Waals surface area (Å²) >= 11 is 3.96. The molecule has 0 aromatic carbocycles. The van der Waals surface area contributed by atoms with Gasteiger partial charge in [-0.3, -0.25) is 4.99 Å². The molecule has 8 heavy (non-hydrogen) atoms. The van der Waals surface area contributed by atoms with Crippen molar-refractivity contribution in [2.75, 3.05) is 0 Å². The molecule has 0 saturated carbocycles. The van der Waals surface area contributed by atoms with Crippen LogP contribution in [-0.4, -0.2) is 17.5 Å². The predicted octanol–water partition coefficient (Wildman–Crippen LogP) is 0.0315. The van der Waals surface area contributed by atoms with E-state index in [1.165, 1.54) is 0 Å². The Balaban J connectivity index is 2.60.